The molecule has 1 N–H and O–H groups in total. The van der Waals surface area contributed by atoms with Crippen molar-refractivity contribution in [2.24, 2.45) is 5.92 Å². The van der Waals surface area contributed by atoms with Crippen molar-refractivity contribution < 1.29 is 19.1 Å². The number of likely N-dealkylation sites (tertiary alicyclic amines) is 1. The third-order valence-electron chi connectivity index (χ3n) is 6.14. The van der Waals surface area contributed by atoms with Crippen molar-refractivity contribution in [1.29, 1.82) is 0 Å². The number of amides is 2. The number of hydrogen-bond acceptors (Lipinski definition) is 5. The maximum absolute atomic E-state index is 12.6. The first-order valence-corrected chi connectivity index (χ1v) is 12.2. The summed E-state index contributed by atoms with van der Waals surface area (Å²) in [4.78, 5) is 43.6. The molecular weight excluding hydrogens is 430 g/mol. The van der Waals surface area contributed by atoms with Crippen molar-refractivity contribution in [2.45, 2.75) is 58.8 Å². The van der Waals surface area contributed by atoms with Gasteiger partial charge in [0, 0.05) is 43.6 Å². The second-order valence-corrected chi connectivity index (χ2v) is 8.87. The fraction of sp³-hybridized carbons (Fsp3) is 0.481. The monoisotopic (exact) mass is 465 g/mol. The van der Waals surface area contributed by atoms with Crippen LogP contribution in [0.3, 0.4) is 0 Å². The van der Waals surface area contributed by atoms with E-state index in [-0.39, 0.29) is 36.4 Å². The molecule has 2 heterocycles. The smallest absolute Gasteiger partial charge is 0.228 e. The van der Waals surface area contributed by atoms with Crippen LogP contribution >= 0.6 is 0 Å². The zero-order valence-electron chi connectivity index (χ0n) is 20.2. The van der Waals surface area contributed by atoms with Crippen molar-refractivity contribution >= 4 is 23.4 Å². The van der Waals surface area contributed by atoms with E-state index >= 15 is 0 Å². The molecule has 1 aromatic heterocycles. The summed E-state index contributed by atoms with van der Waals surface area (Å²) in [5.41, 5.74) is 1.63. The lowest BCUT2D eigenvalue weighted by Crippen LogP contribution is -2.41. The van der Waals surface area contributed by atoms with E-state index in [1.807, 2.05) is 31.2 Å². The van der Waals surface area contributed by atoms with Gasteiger partial charge in [0.2, 0.25) is 11.8 Å². The number of carbonyl (C=O) groups is 3. The summed E-state index contributed by atoms with van der Waals surface area (Å²) >= 11 is 0. The summed E-state index contributed by atoms with van der Waals surface area (Å²) in [5, 5.41) is 2.87. The number of anilines is 1. The molecule has 0 radical (unpaired) electrons. The summed E-state index contributed by atoms with van der Waals surface area (Å²) in [7, 11) is 0. The number of carbonyl (C=O) groups excluding carboxylic acids is 3. The highest BCUT2D eigenvalue weighted by Gasteiger charge is 2.27. The molecule has 7 heteroatoms. The first-order chi connectivity index (χ1) is 16.5. The number of pyridine rings is 1. The van der Waals surface area contributed by atoms with Crippen molar-refractivity contribution in [3.05, 3.63) is 53.7 Å². The van der Waals surface area contributed by atoms with Crippen molar-refractivity contribution in [3.8, 4) is 5.75 Å². The van der Waals surface area contributed by atoms with E-state index in [0.717, 1.165) is 30.6 Å². The van der Waals surface area contributed by atoms with E-state index in [1.165, 1.54) is 0 Å². The van der Waals surface area contributed by atoms with Gasteiger partial charge in [0.25, 0.3) is 0 Å². The summed E-state index contributed by atoms with van der Waals surface area (Å²) in [6.07, 6.45) is 6.55. The zero-order valence-corrected chi connectivity index (χ0v) is 20.2. The third kappa shape index (κ3) is 7.68. The van der Waals surface area contributed by atoms with Crippen LogP contribution < -0.4 is 10.1 Å². The maximum atomic E-state index is 12.6. The van der Waals surface area contributed by atoms with E-state index < -0.39 is 0 Å². The van der Waals surface area contributed by atoms with Gasteiger partial charge in [-0.1, -0.05) is 19.8 Å². The van der Waals surface area contributed by atoms with Gasteiger partial charge in [-0.15, -0.1) is 0 Å². The number of benzene rings is 1. The quantitative estimate of drug-likeness (QED) is 0.380. The molecule has 182 valence electrons. The van der Waals surface area contributed by atoms with Crippen molar-refractivity contribution in [3.63, 3.8) is 0 Å². The van der Waals surface area contributed by atoms with Crippen LogP contribution in [0.15, 0.2) is 42.6 Å². The van der Waals surface area contributed by atoms with Gasteiger partial charge >= 0.3 is 0 Å². The fourth-order valence-electron chi connectivity index (χ4n) is 4.03. The highest BCUT2D eigenvalue weighted by Crippen LogP contribution is 2.21. The Bertz CT molecular complexity index is 966. The van der Waals surface area contributed by atoms with Gasteiger partial charge in [-0.25, -0.2) is 4.98 Å². The summed E-state index contributed by atoms with van der Waals surface area (Å²) in [6.45, 7) is 5.83. The normalized spacial score (nSPS) is 14.0. The van der Waals surface area contributed by atoms with Gasteiger partial charge in [-0.05, 0) is 68.1 Å². The minimum absolute atomic E-state index is 0.0385. The van der Waals surface area contributed by atoms with Crippen LogP contribution in [0.4, 0.5) is 5.82 Å². The Hall–Kier alpha value is -3.22. The average molecular weight is 466 g/mol. The number of piperidine rings is 1. The predicted octanol–water partition coefficient (Wildman–Crippen LogP) is 4.80. The molecule has 1 saturated heterocycles. The Morgan fingerprint density at radius 3 is 2.47 bits per heavy atom. The number of nitrogens with zero attached hydrogens (tertiary/aromatic N) is 2. The number of Topliss-reactive ketones (excluding diaryl/α,β-unsaturated/α-hetero) is 1. The number of unbranched alkanes of at least 4 members (excludes halogenated alkanes) is 2. The largest absolute Gasteiger partial charge is 0.494 e. The molecule has 3 rings (SSSR count). The Labute approximate surface area is 201 Å². The summed E-state index contributed by atoms with van der Waals surface area (Å²) in [5.74, 6) is 1.02. The van der Waals surface area contributed by atoms with E-state index in [2.05, 4.69) is 17.2 Å². The Balaban J connectivity index is 1.38. The first kappa shape index (κ1) is 25.4. The summed E-state index contributed by atoms with van der Waals surface area (Å²) in [6, 6.07) is 10.8. The molecule has 7 nitrogen and oxygen atoms in total. The Morgan fingerprint density at radius 1 is 1.06 bits per heavy atom. The van der Waals surface area contributed by atoms with Gasteiger partial charge in [0.15, 0.2) is 5.78 Å². The molecule has 0 unspecified atom stereocenters. The van der Waals surface area contributed by atoms with Gasteiger partial charge < -0.3 is 15.0 Å². The van der Waals surface area contributed by atoms with Crippen LogP contribution in [0.1, 0.15) is 67.8 Å². The molecule has 0 bridgehead atoms. The van der Waals surface area contributed by atoms with Crippen LogP contribution in [0, 0.1) is 12.8 Å². The Kier molecular flexibility index (Phi) is 9.62. The lowest BCUT2D eigenvalue weighted by Gasteiger charge is -2.31. The molecular formula is C27H35N3O4. The van der Waals surface area contributed by atoms with Crippen LogP contribution in [0.25, 0.3) is 0 Å². The fourth-order valence-corrected chi connectivity index (χ4v) is 4.03. The van der Waals surface area contributed by atoms with Gasteiger partial charge in [0.05, 0.1) is 6.61 Å². The van der Waals surface area contributed by atoms with E-state index in [4.69, 9.17) is 4.74 Å². The molecule has 1 aromatic carbocycles. The number of ether oxygens (including phenoxy) is 1. The van der Waals surface area contributed by atoms with Crippen molar-refractivity contribution in [1.82, 2.24) is 9.88 Å². The topological polar surface area (TPSA) is 88.6 Å². The number of aryl methyl sites for hydroxylation is 1. The van der Waals surface area contributed by atoms with E-state index in [9.17, 15) is 14.4 Å². The maximum Gasteiger partial charge on any atom is 0.228 e. The number of rotatable bonds is 11. The van der Waals surface area contributed by atoms with Crippen LogP contribution in [0.5, 0.6) is 5.75 Å². The number of hydrogen-bond donors (Lipinski definition) is 1. The molecule has 2 aromatic rings. The van der Waals surface area contributed by atoms with E-state index in [1.54, 1.807) is 23.2 Å². The molecule has 1 aliphatic heterocycles. The minimum atomic E-state index is -0.143. The number of nitrogens with one attached hydrogen (secondary N) is 1. The van der Waals surface area contributed by atoms with Gasteiger partial charge in [-0.2, -0.15) is 0 Å². The lowest BCUT2D eigenvalue weighted by molar-refractivity contribution is -0.134. The molecule has 0 spiro atoms. The van der Waals surface area contributed by atoms with Crippen molar-refractivity contribution in [2.75, 3.05) is 25.0 Å². The average Bonchev–Trinajstić information content (AvgIpc) is 2.85. The number of aromatic nitrogens is 1. The highest BCUT2D eigenvalue weighted by molar-refractivity contribution is 5.98. The van der Waals surface area contributed by atoms with Gasteiger partial charge in [-0.3, -0.25) is 14.4 Å². The highest BCUT2D eigenvalue weighted by atomic mass is 16.5. The number of ketones is 1. The second kappa shape index (κ2) is 12.9. The SMILES string of the molecule is CCCCCOc1ccc(C(=O)CCC(=O)N2CCC(C(=O)Nc3cc(C)ccn3)CC2)cc1. The predicted molar refractivity (Wildman–Crippen MR) is 132 cm³/mol. The summed E-state index contributed by atoms with van der Waals surface area (Å²) < 4.78 is 5.68. The van der Waals surface area contributed by atoms with Gasteiger partial charge in [0.1, 0.15) is 11.6 Å². The lowest BCUT2D eigenvalue weighted by atomic mass is 9.95. The molecule has 0 atom stereocenters. The van der Waals surface area contributed by atoms with Crippen LogP contribution in [-0.4, -0.2) is 47.2 Å². The molecule has 0 saturated carbocycles. The van der Waals surface area contributed by atoms with Crippen LogP contribution in [-0.2, 0) is 9.59 Å². The van der Waals surface area contributed by atoms with E-state index in [0.29, 0.717) is 43.9 Å². The van der Waals surface area contributed by atoms with Crippen LogP contribution in [0.2, 0.25) is 0 Å². The third-order valence-corrected chi connectivity index (χ3v) is 6.14. The standard InChI is InChI=1S/C27H35N3O4/c1-3-4-5-18-34-23-8-6-21(7-9-23)24(31)10-11-26(32)30-16-13-22(14-17-30)27(33)29-25-19-20(2)12-15-28-25/h6-9,12,15,19,22H,3-5,10-11,13-14,16-18H2,1-2H3,(H,28,29,33). The zero-order chi connectivity index (χ0) is 24.3. The molecule has 1 aliphatic rings. The minimum Gasteiger partial charge on any atom is -0.494 e. The molecule has 34 heavy (non-hydrogen) atoms. The molecule has 1 fully saturated rings. The molecule has 0 aliphatic carbocycles. The Morgan fingerprint density at radius 2 is 1.79 bits per heavy atom. The first-order valence-electron chi connectivity index (χ1n) is 12.2. The molecule has 2 amide bonds. The second-order valence-electron chi connectivity index (χ2n) is 8.87.